The third-order valence-corrected chi connectivity index (χ3v) is 1.49. The summed E-state index contributed by atoms with van der Waals surface area (Å²) in [5.74, 6) is -0.987. The first kappa shape index (κ1) is 9.19. The number of hydrogen-bond donors (Lipinski definition) is 1. The fraction of sp³-hybridized carbons (Fsp3) is 0. The SMILES string of the molecule is O=Cc1ccc(/C=C\C(=O)O)cc1. The second-order valence-corrected chi connectivity index (χ2v) is 2.46. The van der Waals surface area contributed by atoms with Gasteiger partial charge in [-0.25, -0.2) is 4.79 Å². The minimum Gasteiger partial charge on any atom is -0.478 e. The van der Waals surface area contributed by atoms with Crippen LogP contribution in [0, 0.1) is 0 Å². The van der Waals surface area contributed by atoms with Gasteiger partial charge in [-0.2, -0.15) is 0 Å². The van der Waals surface area contributed by atoms with Gasteiger partial charge in [0.25, 0.3) is 0 Å². The smallest absolute Gasteiger partial charge is 0.328 e. The molecule has 0 amide bonds. The number of aliphatic carboxylic acids is 1. The Morgan fingerprint density at radius 2 is 1.69 bits per heavy atom. The third-order valence-electron chi connectivity index (χ3n) is 1.49. The lowest BCUT2D eigenvalue weighted by Gasteiger charge is -1.92. The van der Waals surface area contributed by atoms with Crippen molar-refractivity contribution in [3.05, 3.63) is 41.5 Å². The lowest BCUT2D eigenvalue weighted by molar-refractivity contribution is -0.131. The van der Waals surface area contributed by atoms with Gasteiger partial charge in [0.05, 0.1) is 0 Å². The van der Waals surface area contributed by atoms with Crippen molar-refractivity contribution in [1.82, 2.24) is 0 Å². The first-order valence-corrected chi connectivity index (χ1v) is 3.68. The number of benzene rings is 1. The monoisotopic (exact) mass is 176 g/mol. The number of carbonyl (C=O) groups is 2. The zero-order valence-corrected chi connectivity index (χ0v) is 6.81. The summed E-state index contributed by atoms with van der Waals surface area (Å²) in [4.78, 5) is 20.4. The Morgan fingerprint density at radius 3 is 2.15 bits per heavy atom. The van der Waals surface area contributed by atoms with Crippen molar-refractivity contribution in [2.24, 2.45) is 0 Å². The molecule has 0 heterocycles. The van der Waals surface area contributed by atoms with E-state index in [-0.39, 0.29) is 0 Å². The topological polar surface area (TPSA) is 54.4 Å². The van der Waals surface area contributed by atoms with Gasteiger partial charge in [-0.05, 0) is 11.6 Å². The molecule has 0 aliphatic carbocycles. The molecule has 0 radical (unpaired) electrons. The van der Waals surface area contributed by atoms with Crippen LogP contribution in [0.2, 0.25) is 0 Å². The molecule has 0 aromatic heterocycles. The number of carboxylic acid groups (broad SMARTS) is 1. The quantitative estimate of drug-likeness (QED) is 0.562. The maximum Gasteiger partial charge on any atom is 0.328 e. The van der Waals surface area contributed by atoms with Crippen molar-refractivity contribution in [1.29, 1.82) is 0 Å². The van der Waals surface area contributed by atoms with Crippen LogP contribution in [0.5, 0.6) is 0 Å². The van der Waals surface area contributed by atoms with Crippen LogP contribution in [0.25, 0.3) is 6.08 Å². The highest BCUT2D eigenvalue weighted by Crippen LogP contribution is 2.04. The third kappa shape index (κ3) is 2.91. The highest BCUT2D eigenvalue weighted by atomic mass is 16.4. The van der Waals surface area contributed by atoms with Crippen LogP contribution in [0.15, 0.2) is 30.3 Å². The molecule has 0 unspecified atom stereocenters. The Balaban J connectivity index is 2.80. The van der Waals surface area contributed by atoms with E-state index in [1.807, 2.05) is 0 Å². The fourth-order valence-corrected chi connectivity index (χ4v) is 0.853. The second kappa shape index (κ2) is 4.21. The van der Waals surface area contributed by atoms with Crippen molar-refractivity contribution in [3.63, 3.8) is 0 Å². The van der Waals surface area contributed by atoms with Gasteiger partial charge in [-0.1, -0.05) is 24.3 Å². The molecule has 0 saturated heterocycles. The first-order valence-electron chi connectivity index (χ1n) is 3.68. The van der Waals surface area contributed by atoms with Crippen molar-refractivity contribution in [2.45, 2.75) is 0 Å². The summed E-state index contributed by atoms with van der Waals surface area (Å²) in [5.41, 5.74) is 1.33. The summed E-state index contributed by atoms with van der Waals surface area (Å²) in [6.07, 6.45) is 3.26. The summed E-state index contributed by atoms with van der Waals surface area (Å²) in [7, 11) is 0. The van der Waals surface area contributed by atoms with Gasteiger partial charge < -0.3 is 5.11 Å². The van der Waals surface area contributed by atoms with E-state index in [9.17, 15) is 9.59 Å². The molecule has 0 saturated carbocycles. The van der Waals surface area contributed by atoms with Crippen LogP contribution < -0.4 is 0 Å². The molecule has 0 atom stereocenters. The van der Waals surface area contributed by atoms with Crippen LogP contribution in [-0.4, -0.2) is 17.4 Å². The molecule has 0 fully saturated rings. The number of aldehydes is 1. The van der Waals surface area contributed by atoms with E-state index in [2.05, 4.69) is 0 Å². The van der Waals surface area contributed by atoms with E-state index in [0.29, 0.717) is 5.56 Å². The largest absolute Gasteiger partial charge is 0.478 e. The lowest BCUT2D eigenvalue weighted by Crippen LogP contribution is -1.85. The second-order valence-electron chi connectivity index (χ2n) is 2.46. The molecule has 3 heteroatoms. The molecule has 0 aliphatic rings. The minimum atomic E-state index is -0.987. The highest BCUT2D eigenvalue weighted by Gasteiger charge is 1.90. The van der Waals surface area contributed by atoms with Gasteiger partial charge in [-0.15, -0.1) is 0 Å². The van der Waals surface area contributed by atoms with Crippen molar-refractivity contribution in [3.8, 4) is 0 Å². The summed E-state index contributed by atoms with van der Waals surface area (Å²) >= 11 is 0. The number of carbonyl (C=O) groups excluding carboxylic acids is 1. The summed E-state index contributed by atoms with van der Waals surface area (Å²) < 4.78 is 0. The summed E-state index contributed by atoms with van der Waals surface area (Å²) in [5, 5.41) is 8.33. The van der Waals surface area contributed by atoms with Crippen LogP contribution in [0.4, 0.5) is 0 Å². The maximum absolute atomic E-state index is 10.3. The van der Waals surface area contributed by atoms with E-state index in [1.165, 1.54) is 6.08 Å². The predicted molar refractivity (Wildman–Crippen MR) is 48.5 cm³/mol. The van der Waals surface area contributed by atoms with E-state index in [4.69, 9.17) is 5.11 Å². The zero-order valence-electron chi connectivity index (χ0n) is 6.81. The Hall–Kier alpha value is -1.90. The van der Waals surface area contributed by atoms with Gasteiger partial charge >= 0.3 is 5.97 Å². The molecule has 13 heavy (non-hydrogen) atoms. The van der Waals surface area contributed by atoms with Crippen LogP contribution in [0.1, 0.15) is 15.9 Å². The first-order chi connectivity index (χ1) is 6.22. The average Bonchev–Trinajstić information content (AvgIpc) is 2.15. The Bertz CT molecular complexity index is 336. The molecule has 1 aromatic rings. The molecule has 1 N–H and O–H groups in total. The number of hydrogen-bond acceptors (Lipinski definition) is 2. The number of carboxylic acids is 1. The summed E-state index contributed by atoms with van der Waals surface area (Å²) in [6.45, 7) is 0. The zero-order chi connectivity index (χ0) is 9.68. The van der Waals surface area contributed by atoms with Crippen LogP contribution in [0.3, 0.4) is 0 Å². The average molecular weight is 176 g/mol. The van der Waals surface area contributed by atoms with Gasteiger partial charge in [0.2, 0.25) is 0 Å². The Kier molecular flexibility index (Phi) is 2.97. The molecule has 0 aliphatic heterocycles. The molecular weight excluding hydrogens is 168 g/mol. The minimum absolute atomic E-state index is 0.576. The van der Waals surface area contributed by atoms with Gasteiger partial charge in [-0.3, -0.25) is 4.79 Å². The van der Waals surface area contributed by atoms with Gasteiger partial charge in [0.1, 0.15) is 6.29 Å². The highest BCUT2D eigenvalue weighted by molar-refractivity contribution is 5.85. The molecule has 0 spiro atoms. The van der Waals surface area contributed by atoms with E-state index in [1.54, 1.807) is 24.3 Å². The lowest BCUT2D eigenvalue weighted by atomic mass is 10.1. The molecule has 1 rings (SSSR count). The standard InChI is InChI=1S/C10H8O3/c11-7-9-3-1-8(2-4-9)5-6-10(12)13/h1-7H,(H,12,13)/b6-5-. The molecular formula is C10H8O3. The Labute approximate surface area is 75.3 Å². The molecule has 0 bridgehead atoms. The fourth-order valence-electron chi connectivity index (χ4n) is 0.853. The maximum atomic E-state index is 10.3. The van der Waals surface area contributed by atoms with Crippen LogP contribution >= 0.6 is 0 Å². The molecule has 1 aromatic carbocycles. The molecule has 3 nitrogen and oxygen atoms in total. The van der Waals surface area contributed by atoms with Gasteiger partial charge in [0, 0.05) is 11.6 Å². The van der Waals surface area contributed by atoms with E-state index < -0.39 is 5.97 Å². The number of rotatable bonds is 3. The van der Waals surface area contributed by atoms with Crippen molar-refractivity contribution < 1.29 is 14.7 Å². The van der Waals surface area contributed by atoms with Crippen LogP contribution in [-0.2, 0) is 4.79 Å². The van der Waals surface area contributed by atoms with E-state index in [0.717, 1.165) is 17.9 Å². The van der Waals surface area contributed by atoms with E-state index >= 15 is 0 Å². The predicted octanol–water partition coefficient (Wildman–Crippen LogP) is 1.60. The van der Waals surface area contributed by atoms with Crippen molar-refractivity contribution >= 4 is 18.3 Å². The van der Waals surface area contributed by atoms with Crippen molar-refractivity contribution in [2.75, 3.05) is 0 Å². The summed E-state index contributed by atoms with van der Waals surface area (Å²) in [6, 6.07) is 6.63. The van der Waals surface area contributed by atoms with Gasteiger partial charge in [0.15, 0.2) is 0 Å². The Morgan fingerprint density at radius 1 is 1.15 bits per heavy atom. The normalized spacial score (nSPS) is 10.2. The molecule has 66 valence electrons.